The maximum Gasteiger partial charge on any atom is 0.148 e. The minimum Gasteiger partial charge on any atom is -0.389 e. The lowest BCUT2D eigenvalue weighted by Crippen LogP contribution is -2.06. The van der Waals surface area contributed by atoms with Crippen molar-refractivity contribution in [2.45, 2.75) is 18.1 Å². The molecule has 90 valence electrons. The Morgan fingerprint density at radius 2 is 2.25 bits per heavy atom. The van der Waals surface area contributed by atoms with Crippen molar-refractivity contribution in [2.75, 3.05) is 17.8 Å². The van der Waals surface area contributed by atoms with Gasteiger partial charge in [0.15, 0.2) is 0 Å². The second kappa shape index (κ2) is 5.65. The van der Waals surface area contributed by atoms with Crippen LogP contribution in [-0.4, -0.2) is 36.3 Å². The number of aliphatic hydroxyl groups excluding tert-OH is 1. The van der Waals surface area contributed by atoms with Crippen molar-refractivity contribution >= 4 is 21.6 Å². The van der Waals surface area contributed by atoms with Crippen LogP contribution in [-0.2, 0) is 9.84 Å². The zero-order valence-electron chi connectivity index (χ0n) is 9.25. The maximum atomic E-state index is 11.0. The van der Waals surface area contributed by atoms with E-state index in [0.29, 0.717) is 10.8 Å². The van der Waals surface area contributed by atoms with Crippen LogP contribution in [0, 0.1) is 0 Å². The standard InChI is InChI=1S/C10H15NO3S2/c1-8(12)9-4-3-5-11-10(9)15-6-7-16(2,13)14/h3-5,8,12H,6-7H2,1-2H3/t8-/m0/s1. The molecule has 0 aliphatic carbocycles. The van der Waals surface area contributed by atoms with E-state index in [1.165, 1.54) is 18.0 Å². The van der Waals surface area contributed by atoms with Gasteiger partial charge >= 0.3 is 0 Å². The van der Waals surface area contributed by atoms with Crippen LogP contribution in [0.3, 0.4) is 0 Å². The van der Waals surface area contributed by atoms with Crippen LogP contribution in [0.25, 0.3) is 0 Å². The minimum absolute atomic E-state index is 0.119. The number of aromatic nitrogens is 1. The summed E-state index contributed by atoms with van der Waals surface area (Å²) in [5.41, 5.74) is 0.737. The first-order valence-corrected chi connectivity index (χ1v) is 7.88. The molecule has 1 aromatic heterocycles. The van der Waals surface area contributed by atoms with E-state index in [-0.39, 0.29) is 5.75 Å². The molecule has 0 amide bonds. The summed E-state index contributed by atoms with van der Waals surface area (Å²) in [7, 11) is -2.94. The first-order valence-electron chi connectivity index (χ1n) is 4.83. The average molecular weight is 261 g/mol. The topological polar surface area (TPSA) is 67.3 Å². The molecule has 0 bridgehead atoms. The summed E-state index contributed by atoms with van der Waals surface area (Å²) in [6.45, 7) is 1.66. The maximum absolute atomic E-state index is 11.0. The fourth-order valence-corrected chi connectivity index (χ4v) is 3.41. The lowest BCUT2D eigenvalue weighted by atomic mass is 10.2. The molecule has 0 fully saturated rings. The molecule has 0 saturated heterocycles. The molecule has 1 atom stereocenters. The van der Waals surface area contributed by atoms with Crippen molar-refractivity contribution in [2.24, 2.45) is 0 Å². The van der Waals surface area contributed by atoms with Crippen molar-refractivity contribution in [3.63, 3.8) is 0 Å². The van der Waals surface area contributed by atoms with Crippen molar-refractivity contribution in [3.05, 3.63) is 23.9 Å². The molecule has 0 unspecified atom stereocenters. The molecule has 1 rings (SSSR count). The van der Waals surface area contributed by atoms with Crippen LogP contribution in [0.5, 0.6) is 0 Å². The monoisotopic (exact) mass is 261 g/mol. The van der Waals surface area contributed by atoms with Gasteiger partial charge in [0.1, 0.15) is 14.9 Å². The second-order valence-corrected chi connectivity index (χ2v) is 6.90. The van der Waals surface area contributed by atoms with Gasteiger partial charge < -0.3 is 5.11 Å². The van der Waals surface area contributed by atoms with E-state index in [1.807, 2.05) is 0 Å². The van der Waals surface area contributed by atoms with E-state index < -0.39 is 15.9 Å². The summed E-state index contributed by atoms with van der Waals surface area (Å²) in [5.74, 6) is 0.572. The molecule has 1 N–H and O–H groups in total. The molecule has 16 heavy (non-hydrogen) atoms. The lowest BCUT2D eigenvalue weighted by molar-refractivity contribution is 0.195. The van der Waals surface area contributed by atoms with Gasteiger partial charge in [-0.05, 0) is 13.0 Å². The van der Waals surface area contributed by atoms with E-state index in [0.717, 1.165) is 5.56 Å². The van der Waals surface area contributed by atoms with Gasteiger partial charge in [0.05, 0.1) is 11.9 Å². The van der Waals surface area contributed by atoms with E-state index in [1.54, 1.807) is 25.3 Å². The van der Waals surface area contributed by atoms with Gasteiger partial charge in [-0.25, -0.2) is 13.4 Å². The Hall–Kier alpha value is -0.590. The van der Waals surface area contributed by atoms with Crippen molar-refractivity contribution in [1.29, 1.82) is 0 Å². The van der Waals surface area contributed by atoms with Crippen LogP contribution in [0.1, 0.15) is 18.6 Å². The van der Waals surface area contributed by atoms with E-state index in [4.69, 9.17) is 0 Å². The number of nitrogens with zero attached hydrogens (tertiary/aromatic N) is 1. The second-order valence-electron chi connectivity index (χ2n) is 3.55. The average Bonchev–Trinajstić information content (AvgIpc) is 2.16. The van der Waals surface area contributed by atoms with Gasteiger partial charge in [-0.2, -0.15) is 0 Å². The largest absolute Gasteiger partial charge is 0.389 e. The highest BCUT2D eigenvalue weighted by Crippen LogP contribution is 2.24. The van der Waals surface area contributed by atoms with E-state index >= 15 is 0 Å². The van der Waals surface area contributed by atoms with Crippen LogP contribution >= 0.6 is 11.8 Å². The summed E-state index contributed by atoms with van der Waals surface area (Å²) in [5, 5.41) is 10.2. The number of hydrogen-bond donors (Lipinski definition) is 1. The Kier molecular flexibility index (Phi) is 4.76. The van der Waals surface area contributed by atoms with E-state index in [2.05, 4.69) is 4.98 Å². The Morgan fingerprint density at radius 1 is 1.56 bits per heavy atom. The third kappa shape index (κ3) is 4.51. The Morgan fingerprint density at radius 3 is 2.81 bits per heavy atom. The van der Waals surface area contributed by atoms with E-state index in [9.17, 15) is 13.5 Å². The summed E-state index contributed by atoms with van der Waals surface area (Å²) in [4.78, 5) is 4.13. The number of pyridine rings is 1. The predicted molar refractivity (Wildman–Crippen MR) is 65.3 cm³/mol. The fraction of sp³-hybridized carbons (Fsp3) is 0.500. The zero-order chi connectivity index (χ0) is 12.2. The molecule has 0 aliphatic rings. The molecule has 0 saturated carbocycles. The Bertz CT molecular complexity index is 443. The third-order valence-corrected chi connectivity index (χ3v) is 4.17. The lowest BCUT2D eigenvalue weighted by Gasteiger charge is -2.09. The predicted octanol–water partition coefficient (Wildman–Crippen LogP) is 1.27. The highest BCUT2D eigenvalue weighted by atomic mass is 32.2. The van der Waals surface area contributed by atoms with Crippen LogP contribution in [0.4, 0.5) is 0 Å². The summed E-state index contributed by atoms with van der Waals surface area (Å²) in [6.07, 6.45) is 2.25. The molecule has 0 radical (unpaired) electrons. The normalized spacial score (nSPS) is 13.7. The third-order valence-electron chi connectivity index (χ3n) is 1.94. The highest BCUT2D eigenvalue weighted by Gasteiger charge is 2.10. The SMILES string of the molecule is C[C@H](O)c1cccnc1SCCS(C)(=O)=O. The quantitative estimate of drug-likeness (QED) is 0.809. The first-order chi connectivity index (χ1) is 7.40. The number of sulfone groups is 1. The van der Waals surface area contributed by atoms with Gasteiger partial charge in [-0.1, -0.05) is 6.07 Å². The molecule has 6 heteroatoms. The summed E-state index contributed by atoms with van der Waals surface area (Å²) < 4.78 is 21.9. The fourth-order valence-electron chi connectivity index (χ4n) is 1.13. The molecule has 4 nitrogen and oxygen atoms in total. The molecule has 1 heterocycles. The Balaban J connectivity index is 2.67. The number of thioether (sulfide) groups is 1. The van der Waals surface area contributed by atoms with Gasteiger partial charge in [-0.3, -0.25) is 0 Å². The van der Waals surface area contributed by atoms with Gasteiger partial charge in [0, 0.05) is 23.8 Å². The summed E-state index contributed by atoms with van der Waals surface area (Å²) >= 11 is 1.35. The zero-order valence-corrected chi connectivity index (χ0v) is 10.9. The summed E-state index contributed by atoms with van der Waals surface area (Å²) in [6, 6.07) is 3.54. The van der Waals surface area contributed by atoms with Crippen molar-refractivity contribution in [3.8, 4) is 0 Å². The van der Waals surface area contributed by atoms with Crippen molar-refractivity contribution < 1.29 is 13.5 Å². The van der Waals surface area contributed by atoms with Crippen LogP contribution in [0.2, 0.25) is 0 Å². The molecule has 1 aromatic rings. The molecular weight excluding hydrogens is 246 g/mol. The van der Waals surface area contributed by atoms with Gasteiger partial charge in [0.2, 0.25) is 0 Å². The van der Waals surface area contributed by atoms with Gasteiger partial charge in [0.25, 0.3) is 0 Å². The molecular formula is C10H15NO3S2. The van der Waals surface area contributed by atoms with Crippen LogP contribution in [0.15, 0.2) is 23.4 Å². The van der Waals surface area contributed by atoms with Gasteiger partial charge in [-0.15, -0.1) is 11.8 Å². The Labute approximate surface area is 100 Å². The minimum atomic E-state index is -2.94. The number of rotatable bonds is 5. The molecule has 0 spiro atoms. The molecule has 0 aliphatic heterocycles. The van der Waals surface area contributed by atoms with Crippen LogP contribution < -0.4 is 0 Å². The first kappa shape index (κ1) is 13.5. The number of hydrogen-bond acceptors (Lipinski definition) is 5. The highest BCUT2D eigenvalue weighted by molar-refractivity contribution is 8.00. The molecule has 0 aromatic carbocycles. The van der Waals surface area contributed by atoms with Crippen molar-refractivity contribution in [1.82, 2.24) is 4.98 Å². The smallest absolute Gasteiger partial charge is 0.148 e. The number of aliphatic hydroxyl groups is 1.